The van der Waals surface area contributed by atoms with Crippen LogP contribution in [0.3, 0.4) is 0 Å². The largest absolute Gasteiger partial charge is 0.349 e. The Hall–Kier alpha value is -1.32. The predicted octanol–water partition coefficient (Wildman–Crippen LogP) is 1.76. The first kappa shape index (κ1) is 14.7. The van der Waals surface area contributed by atoms with Gasteiger partial charge in [-0.05, 0) is 24.8 Å². The normalized spacial score (nSPS) is 18.2. The molecule has 0 aliphatic heterocycles. The van der Waals surface area contributed by atoms with Gasteiger partial charge in [0.1, 0.15) is 0 Å². The minimum absolute atomic E-state index is 0.0271. The Bertz CT molecular complexity index is 318. The summed E-state index contributed by atoms with van der Waals surface area (Å²) >= 11 is 0. The van der Waals surface area contributed by atoms with Crippen molar-refractivity contribution in [2.24, 2.45) is 5.92 Å². The van der Waals surface area contributed by atoms with Crippen molar-refractivity contribution in [2.45, 2.75) is 51.5 Å². The Morgan fingerprint density at radius 3 is 2.39 bits per heavy atom. The molecule has 0 atom stereocenters. The zero-order valence-electron chi connectivity index (χ0n) is 11.4. The van der Waals surface area contributed by atoms with E-state index in [0.717, 1.165) is 25.7 Å². The summed E-state index contributed by atoms with van der Waals surface area (Å²) in [5, 5.41) is 5.63. The Kier molecular flexibility index (Phi) is 5.38. The molecule has 0 saturated heterocycles. The summed E-state index contributed by atoms with van der Waals surface area (Å²) in [6.45, 7) is 7.67. The molecule has 4 nitrogen and oxygen atoms in total. The van der Waals surface area contributed by atoms with E-state index in [1.807, 2.05) is 0 Å². The van der Waals surface area contributed by atoms with Crippen molar-refractivity contribution in [3.05, 3.63) is 12.7 Å². The lowest BCUT2D eigenvalue weighted by Gasteiger charge is -2.41. The Balaban J connectivity index is 2.53. The average Bonchev–Trinajstić information content (AvgIpc) is 2.36. The predicted molar refractivity (Wildman–Crippen MR) is 72.0 cm³/mol. The summed E-state index contributed by atoms with van der Waals surface area (Å²) in [5.74, 6) is -0.00922. The van der Waals surface area contributed by atoms with Crippen LogP contribution < -0.4 is 10.6 Å². The van der Waals surface area contributed by atoms with E-state index >= 15 is 0 Å². The Morgan fingerprint density at radius 1 is 1.28 bits per heavy atom. The van der Waals surface area contributed by atoms with Crippen LogP contribution in [-0.4, -0.2) is 23.9 Å². The molecule has 0 aromatic carbocycles. The number of amides is 2. The highest BCUT2D eigenvalue weighted by atomic mass is 16.2. The lowest BCUT2D eigenvalue weighted by molar-refractivity contribution is -0.126. The highest BCUT2D eigenvalue weighted by Crippen LogP contribution is 2.34. The first-order chi connectivity index (χ1) is 8.50. The topological polar surface area (TPSA) is 58.2 Å². The highest BCUT2D eigenvalue weighted by Gasteiger charge is 2.36. The van der Waals surface area contributed by atoms with Crippen LogP contribution in [0.15, 0.2) is 12.7 Å². The molecule has 1 aliphatic carbocycles. The van der Waals surface area contributed by atoms with E-state index in [0.29, 0.717) is 5.92 Å². The van der Waals surface area contributed by atoms with E-state index in [1.54, 1.807) is 0 Å². The molecule has 1 aliphatic rings. The highest BCUT2D eigenvalue weighted by molar-refractivity contribution is 5.90. The standard InChI is InChI=1S/C14H24N2O2/c1-4-12(17)15-10-13(18)16-14(11(2)3)8-6-5-7-9-14/h4,11H,1,5-10H2,2-3H3,(H,15,17)(H,16,18). The molecule has 0 spiro atoms. The number of nitrogens with one attached hydrogen (secondary N) is 2. The molecule has 4 heteroatoms. The van der Waals surface area contributed by atoms with Gasteiger partial charge in [0, 0.05) is 5.54 Å². The second kappa shape index (κ2) is 6.57. The fourth-order valence-corrected chi connectivity index (χ4v) is 2.59. The zero-order valence-corrected chi connectivity index (χ0v) is 11.4. The van der Waals surface area contributed by atoms with E-state index in [1.165, 1.54) is 12.5 Å². The van der Waals surface area contributed by atoms with E-state index < -0.39 is 0 Å². The van der Waals surface area contributed by atoms with Crippen molar-refractivity contribution in [3.63, 3.8) is 0 Å². The van der Waals surface area contributed by atoms with Gasteiger partial charge in [0.05, 0.1) is 6.54 Å². The lowest BCUT2D eigenvalue weighted by Crippen LogP contribution is -2.55. The molecule has 0 heterocycles. The molecule has 2 amide bonds. The Labute approximate surface area is 109 Å². The van der Waals surface area contributed by atoms with Gasteiger partial charge in [-0.1, -0.05) is 39.7 Å². The average molecular weight is 252 g/mol. The molecule has 1 rings (SSSR count). The molecule has 1 saturated carbocycles. The van der Waals surface area contributed by atoms with Crippen LogP contribution >= 0.6 is 0 Å². The molecule has 0 aromatic heterocycles. The summed E-state index contributed by atoms with van der Waals surface area (Å²) in [7, 11) is 0. The quantitative estimate of drug-likeness (QED) is 0.733. The summed E-state index contributed by atoms with van der Waals surface area (Å²) in [4.78, 5) is 22.9. The van der Waals surface area contributed by atoms with E-state index in [4.69, 9.17) is 0 Å². The van der Waals surface area contributed by atoms with Crippen LogP contribution in [0.5, 0.6) is 0 Å². The maximum atomic E-state index is 11.9. The number of carbonyl (C=O) groups excluding carboxylic acids is 2. The van der Waals surface area contributed by atoms with Crippen molar-refractivity contribution in [1.82, 2.24) is 10.6 Å². The van der Waals surface area contributed by atoms with Crippen LogP contribution in [0, 0.1) is 5.92 Å². The van der Waals surface area contributed by atoms with Gasteiger partial charge in [-0.2, -0.15) is 0 Å². The molecule has 1 fully saturated rings. The zero-order chi connectivity index (χ0) is 13.6. The van der Waals surface area contributed by atoms with Crippen LogP contribution in [0.4, 0.5) is 0 Å². The molecule has 0 unspecified atom stereocenters. The third-order valence-corrected chi connectivity index (χ3v) is 3.85. The minimum Gasteiger partial charge on any atom is -0.349 e. The van der Waals surface area contributed by atoms with Gasteiger partial charge < -0.3 is 10.6 Å². The van der Waals surface area contributed by atoms with Crippen molar-refractivity contribution in [1.29, 1.82) is 0 Å². The van der Waals surface area contributed by atoms with Crippen LogP contribution in [0.1, 0.15) is 46.0 Å². The molecule has 102 valence electrons. The molecular formula is C14H24N2O2. The molecule has 2 N–H and O–H groups in total. The van der Waals surface area contributed by atoms with Gasteiger partial charge in [0.25, 0.3) is 0 Å². The number of rotatable bonds is 5. The summed E-state index contributed by atoms with van der Waals surface area (Å²) in [5.41, 5.74) is -0.0890. The molecule has 0 bridgehead atoms. The minimum atomic E-state index is -0.313. The third kappa shape index (κ3) is 3.86. The summed E-state index contributed by atoms with van der Waals surface area (Å²) in [6.07, 6.45) is 6.82. The maximum absolute atomic E-state index is 11.9. The van der Waals surface area contributed by atoms with E-state index in [9.17, 15) is 9.59 Å². The van der Waals surface area contributed by atoms with Crippen molar-refractivity contribution in [2.75, 3.05) is 6.54 Å². The molecule has 0 radical (unpaired) electrons. The number of hydrogen-bond acceptors (Lipinski definition) is 2. The van der Waals surface area contributed by atoms with Crippen molar-refractivity contribution < 1.29 is 9.59 Å². The number of carbonyl (C=O) groups is 2. The van der Waals surface area contributed by atoms with E-state index in [-0.39, 0.29) is 23.9 Å². The molecule has 0 aromatic rings. The lowest BCUT2D eigenvalue weighted by atomic mass is 9.74. The van der Waals surface area contributed by atoms with Crippen LogP contribution in [-0.2, 0) is 9.59 Å². The monoisotopic (exact) mass is 252 g/mol. The fourth-order valence-electron chi connectivity index (χ4n) is 2.59. The van der Waals surface area contributed by atoms with Gasteiger partial charge in [0.2, 0.25) is 11.8 Å². The number of hydrogen-bond donors (Lipinski definition) is 2. The second-order valence-corrected chi connectivity index (χ2v) is 5.34. The van der Waals surface area contributed by atoms with Gasteiger partial charge in [-0.15, -0.1) is 0 Å². The van der Waals surface area contributed by atoms with Crippen LogP contribution in [0.2, 0.25) is 0 Å². The van der Waals surface area contributed by atoms with Crippen molar-refractivity contribution in [3.8, 4) is 0 Å². The third-order valence-electron chi connectivity index (χ3n) is 3.85. The van der Waals surface area contributed by atoms with Crippen molar-refractivity contribution >= 4 is 11.8 Å². The molecular weight excluding hydrogens is 228 g/mol. The first-order valence-corrected chi connectivity index (χ1v) is 6.71. The Morgan fingerprint density at radius 2 is 1.89 bits per heavy atom. The van der Waals surface area contributed by atoms with Crippen LogP contribution in [0.25, 0.3) is 0 Å². The van der Waals surface area contributed by atoms with Gasteiger partial charge >= 0.3 is 0 Å². The van der Waals surface area contributed by atoms with Gasteiger partial charge in [-0.25, -0.2) is 0 Å². The SMILES string of the molecule is C=CC(=O)NCC(=O)NC1(C(C)C)CCCCC1. The summed E-state index contributed by atoms with van der Waals surface area (Å²) < 4.78 is 0. The van der Waals surface area contributed by atoms with Gasteiger partial charge in [-0.3, -0.25) is 9.59 Å². The molecule has 18 heavy (non-hydrogen) atoms. The van der Waals surface area contributed by atoms with E-state index in [2.05, 4.69) is 31.1 Å². The fraction of sp³-hybridized carbons (Fsp3) is 0.714. The second-order valence-electron chi connectivity index (χ2n) is 5.34. The maximum Gasteiger partial charge on any atom is 0.243 e. The summed E-state index contributed by atoms with van der Waals surface area (Å²) in [6, 6.07) is 0. The van der Waals surface area contributed by atoms with Gasteiger partial charge in [0.15, 0.2) is 0 Å². The smallest absolute Gasteiger partial charge is 0.243 e. The first-order valence-electron chi connectivity index (χ1n) is 6.71.